The van der Waals surface area contributed by atoms with Crippen LogP contribution in [0.4, 0.5) is 5.69 Å². The van der Waals surface area contributed by atoms with Gasteiger partial charge in [0.1, 0.15) is 11.5 Å². The number of amides is 1. The SMILES string of the molecule is COC(=O)C1=C(C)N(c2ccc(Cl)c(Cl)c2)C(=O)/C1=C\c1cc(OC)ccc1OC. The third-order valence-corrected chi connectivity index (χ3v) is 5.43. The first kappa shape index (κ1) is 21.7. The Balaban J connectivity index is 2.19. The fraction of sp³-hybridized carbons (Fsp3) is 0.182. The van der Waals surface area contributed by atoms with Gasteiger partial charge in [-0.25, -0.2) is 4.79 Å². The molecule has 30 heavy (non-hydrogen) atoms. The maximum Gasteiger partial charge on any atom is 0.340 e. The number of hydrogen-bond acceptors (Lipinski definition) is 5. The van der Waals surface area contributed by atoms with Crippen LogP contribution in [0.3, 0.4) is 0 Å². The van der Waals surface area contributed by atoms with Gasteiger partial charge in [-0.3, -0.25) is 9.69 Å². The molecule has 0 fully saturated rings. The fourth-order valence-electron chi connectivity index (χ4n) is 3.22. The van der Waals surface area contributed by atoms with E-state index >= 15 is 0 Å². The third-order valence-electron chi connectivity index (χ3n) is 4.69. The number of benzene rings is 2. The number of hydrogen-bond donors (Lipinski definition) is 0. The Bertz CT molecular complexity index is 1090. The summed E-state index contributed by atoms with van der Waals surface area (Å²) in [7, 11) is 4.32. The topological polar surface area (TPSA) is 65.1 Å². The highest BCUT2D eigenvalue weighted by Crippen LogP contribution is 2.38. The molecule has 0 saturated heterocycles. The molecule has 1 amide bonds. The van der Waals surface area contributed by atoms with Gasteiger partial charge in [0.15, 0.2) is 0 Å². The largest absolute Gasteiger partial charge is 0.497 e. The Morgan fingerprint density at radius 1 is 1.00 bits per heavy atom. The Morgan fingerprint density at radius 2 is 1.73 bits per heavy atom. The molecule has 1 aliphatic heterocycles. The van der Waals surface area contributed by atoms with Crippen molar-refractivity contribution in [1.29, 1.82) is 0 Å². The molecule has 0 atom stereocenters. The molecule has 156 valence electrons. The van der Waals surface area contributed by atoms with Crippen molar-refractivity contribution in [2.45, 2.75) is 6.92 Å². The number of rotatable bonds is 5. The zero-order valence-corrected chi connectivity index (χ0v) is 18.3. The lowest BCUT2D eigenvalue weighted by Gasteiger charge is -2.18. The molecule has 2 aromatic carbocycles. The van der Waals surface area contributed by atoms with E-state index in [0.29, 0.717) is 38.5 Å². The third kappa shape index (κ3) is 3.88. The highest BCUT2D eigenvalue weighted by atomic mass is 35.5. The molecule has 1 heterocycles. The van der Waals surface area contributed by atoms with Crippen LogP contribution in [0.25, 0.3) is 6.08 Å². The van der Waals surface area contributed by atoms with E-state index in [0.717, 1.165) is 0 Å². The van der Waals surface area contributed by atoms with Crippen LogP contribution >= 0.6 is 23.2 Å². The van der Waals surface area contributed by atoms with Gasteiger partial charge in [-0.1, -0.05) is 23.2 Å². The second kappa shape index (κ2) is 8.81. The van der Waals surface area contributed by atoms with Gasteiger partial charge in [-0.05, 0) is 49.4 Å². The monoisotopic (exact) mass is 447 g/mol. The number of carbonyl (C=O) groups excluding carboxylic acids is 2. The van der Waals surface area contributed by atoms with Gasteiger partial charge >= 0.3 is 5.97 Å². The van der Waals surface area contributed by atoms with Gasteiger partial charge in [-0.2, -0.15) is 0 Å². The molecule has 2 aromatic rings. The Labute approximate surface area is 184 Å². The van der Waals surface area contributed by atoms with Gasteiger partial charge < -0.3 is 14.2 Å². The first-order valence-electron chi connectivity index (χ1n) is 8.85. The van der Waals surface area contributed by atoms with Crippen LogP contribution in [0, 0.1) is 0 Å². The summed E-state index contributed by atoms with van der Waals surface area (Å²) in [5.41, 5.74) is 1.79. The average molecular weight is 448 g/mol. The van der Waals surface area contributed by atoms with E-state index in [1.165, 1.54) is 26.2 Å². The minimum atomic E-state index is -0.628. The summed E-state index contributed by atoms with van der Waals surface area (Å²) in [6, 6.07) is 9.97. The summed E-state index contributed by atoms with van der Waals surface area (Å²) >= 11 is 12.1. The molecule has 3 rings (SSSR count). The van der Waals surface area contributed by atoms with Crippen LogP contribution in [0.2, 0.25) is 10.0 Å². The molecule has 0 bridgehead atoms. The Morgan fingerprint density at radius 3 is 2.33 bits per heavy atom. The molecule has 0 aliphatic carbocycles. The fourth-order valence-corrected chi connectivity index (χ4v) is 3.52. The van der Waals surface area contributed by atoms with Crippen molar-refractivity contribution >= 4 is 46.8 Å². The lowest BCUT2D eigenvalue weighted by Crippen LogP contribution is -2.24. The molecular weight excluding hydrogens is 429 g/mol. The van der Waals surface area contributed by atoms with E-state index in [4.69, 9.17) is 37.4 Å². The molecule has 0 saturated carbocycles. The zero-order valence-electron chi connectivity index (χ0n) is 16.8. The van der Waals surface area contributed by atoms with E-state index in [-0.39, 0.29) is 11.1 Å². The number of nitrogens with zero attached hydrogens (tertiary/aromatic N) is 1. The van der Waals surface area contributed by atoms with Crippen molar-refractivity contribution in [3.8, 4) is 11.5 Å². The van der Waals surface area contributed by atoms with E-state index in [2.05, 4.69) is 0 Å². The minimum absolute atomic E-state index is 0.151. The summed E-state index contributed by atoms with van der Waals surface area (Å²) in [5.74, 6) is 0.0633. The maximum absolute atomic E-state index is 13.4. The maximum atomic E-state index is 13.4. The van der Waals surface area contributed by atoms with Crippen molar-refractivity contribution in [3.63, 3.8) is 0 Å². The number of carbonyl (C=O) groups is 2. The van der Waals surface area contributed by atoms with Gasteiger partial charge in [-0.15, -0.1) is 0 Å². The Kier molecular flexibility index (Phi) is 6.39. The first-order chi connectivity index (χ1) is 14.3. The smallest absolute Gasteiger partial charge is 0.340 e. The normalized spacial score (nSPS) is 15.1. The van der Waals surface area contributed by atoms with Crippen LogP contribution in [0.15, 0.2) is 53.2 Å². The summed E-state index contributed by atoms with van der Waals surface area (Å²) in [5, 5.41) is 0.653. The number of anilines is 1. The zero-order chi connectivity index (χ0) is 22.0. The number of halogens is 2. The van der Waals surface area contributed by atoms with Crippen molar-refractivity contribution < 1.29 is 23.8 Å². The van der Waals surface area contributed by atoms with Gasteiger partial charge in [0.25, 0.3) is 5.91 Å². The van der Waals surface area contributed by atoms with E-state index in [9.17, 15) is 9.59 Å². The number of ether oxygens (including phenoxy) is 3. The van der Waals surface area contributed by atoms with Crippen molar-refractivity contribution in [1.82, 2.24) is 0 Å². The van der Waals surface area contributed by atoms with Gasteiger partial charge in [0.2, 0.25) is 0 Å². The summed E-state index contributed by atoms with van der Waals surface area (Å²) < 4.78 is 15.6. The van der Waals surface area contributed by atoms with Crippen LogP contribution in [-0.2, 0) is 14.3 Å². The Hall–Kier alpha value is -2.96. The first-order valence-corrected chi connectivity index (χ1v) is 9.60. The molecule has 1 aliphatic rings. The van der Waals surface area contributed by atoms with E-state index in [1.807, 2.05) is 0 Å². The molecule has 6 nitrogen and oxygen atoms in total. The minimum Gasteiger partial charge on any atom is -0.497 e. The highest BCUT2D eigenvalue weighted by Gasteiger charge is 2.38. The molecule has 0 N–H and O–H groups in total. The van der Waals surface area contributed by atoms with Crippen molar-refractivity contribution in [2.75, 3.05) is 26.2 Å². The number of methoxy groups -OCH3 is 3. The van der Waals surface area contributed by atoms with Crippen molar-refractivity contribution in [3.05, 3.63) is 68.9 Å². The second-order valence-corrected chi connectivity index (χ2v) is 7.17. The average Bonchev–Trinajstić information content (AvgIpc) is 2.99. The van der Waals surface area contributed by atoms with Crippen molar-refractivity contribution in [2.24, 2.45) is 0 Å². The van der Waals surface area contributed by atoms with Crippen LogP contribution in [0.1, 0.15) is 12.5 Å². The second-order valence-electron chi connectivity index (χ2n) is 6.36. The summed E-state index contributed by atoms with van der Waals surface area (Å²) in [6.45, 7) is 1.66. The van der Waals surface area contributed by atoms with Crippen LogP contribution in [0.5, 0.6) is 11.5 Å². The number of esters is 1. The van der Waals surface area contributed by atoms with E-state index < -0.39 is 11.9 Å². The predicted octanol–water partition coefficient (Wildman–Crippen LogP) is 4.89. The lowest BCUT2D eigenvalue weighted by atomic mass is 10.0. The molecule has 0 unspecified atom stereocenters. The van der Waals surface area contributed by atoms with Gasteiger partial charge in [0.05, 0.1) is 48.2 Å². The standard InChI is InChI=1S/C22H19Cl2NO5/c1-12-20(22(27)30-4)16(10-13-9-15(28-2)6-8-19(13)29-3)21(26)25(12)14-5-7-17(23)18(24)11-14/h5-11H,1-4H3/b16-10-. The quantitative estimate of drug-likeness (QED) is 0.482. The lowest BCUT2D eigenvalue weighted by molar-refractivity contribution is -0.136. The predicted molar refractivity (Wildman–Crippen MR) is 116 cm³/mol. The van der Waals surface area contributed by atoms with Crippen LogP contribution < -0.4 is 14.4 Å². The molecule has 0 aromatic heterocycles. The molecule has 0 radical (unpaired) electrons. The number of allylic oxidation sites excluding steroid dienone is 1. The summed E-state index contributed by atoms with van der Waals surface area (Å²) in [4.78, 5) is 27.3. The summed E-state index contributed by atoms with van der Waals surface area (Å²) in [6.07, 6.45) is 1.58. The molecular formula is C22H19Cl2NO5. The highest BCUT2D eigenvalue weighted by molar-refractivity contribution is 6.42. The van der Waals surface area contributed by atoms with Gasteiger partial charge in [0, 0.05) is 11.3 Å². The molecule has 0 spiro atoms. The van der Waals surface area contributed by atoms with Crippen LogP contribution in [-0.4, -0.2) is 33.2 Å². The molecule has 8 heteroatoms. The van der Waals surface area contributed by atoms with E-state index in [1.54, 1.807) is 49.4 Å².